The number of hydrogen-bond donors (Lipinski definition) is 0. The van der Waals surface area contributed by atoms with E-state index < -0.39 is 16.6 Å². The van der Waals surface area contributed by atoms with Crippen molar-refractivity contribution in [1.29, 1.82) is 0 Å². The van der Waals surface area contributed by atoms with Crippen molar-refractivity contribution in [2.24, 2.45) is 28.6 Å². The normalized spacial score (nSPS) is 45.2. The van der Waals surface area contributed by atoms with Gasteiger partial charge in [0.2, 0.25) is 0 Å². The molecule has 4 heteroatoms. The Kier molecular flexibility index (Phi) is 5.62. The SMILES string of the molecule is C[C@]12CC[C@H]3[C@@H](CC=C4C[C@@H](O[Si](C)(C)C)CC[C@@]43C)[C@@H]1CC[C@@H]2O[Si](C)(C)C. The molecule has 0 amide bonds. The maximum absolute atomic E-state index is 6.75. The Morgan fingerprint density at radius 2 is 1.52 bits per heavy atom. The van der Waals surface area contributed by atoms with Gasteiger partial charge in [0, 0.05) is 6.10 Å². The van der Waals surface area contributed by atoms with Gasteiger partial charge in [-0.2, -0.15) is 0 Å². The predicted molar refractivity (Wildman–Crippen MR) is 128 cm³/mol. The molecule has 166 valence electrons. The Labute approximate surface area is 182 Å². The summed E-state index contributed by atoms with van der Waals surface area (Å²) in [5, 5.41) is 0. The van der Waals surface area contributed by atoms with Crippen molar-refractivity contribution in [2.45, 2.75) is 117 Å². The third-order valence-corrected chi connectivity index (χ3v) is 11.0. The van der Waals surface area contributed by atoms with Crippen LogP contribution >= 0.6 is 0 Å². The molecule has 0 spiro atoms. The van der Waals surface area contributed by atoms with Crippen LogP contribution in [0.15, 0.2) is 11.6 Å². The first-order chi connectivity index (χ1) is 13.3. The average molecular weight is 435 g/mol. The summed E-state index contributed by atoms with van der Waals surface area (Å²) in [6.07, 6.45) is 14.3. The molecule has 0 aromatic carbocycles. The van der Waals surface area contributed by atoms with Crippen molar-refractivity contribution in [3.8, 4) is 0 Å². The van der Waals surface area contributed by atoms with Crippen LogP contribution in [0.3, 0.4) is 0 Å². The Bertz CT molecular complexity index is 661. The molecule has 4 rings (SSSR count). The van der Waals surface area contributed by atoms with Gasteiger partial charge in [-0.05, 0) is 119 Å². The topological polar surface area (TPSA) is 18.5 Å². The van der Waals surface area contributed by atoms with Crippen molar-refractivity contribution in [2.75, 3.05) is 0 Å². The summed E-state index contributed by atoms with van der Waals surface area (Å²) >= 11 is 0. The van der Waals surface area contributed by atoms with Crippen LogP contribution in [0.2, 0.25) is 39.3 Å². The molecule has 7 atom stereocenters. The average Bonchev–Trinajstić information content (AvgIpc) is 2.89. The Morgan fingerprint density at radius 3 is 2.17 bits per heavy atom. The molecule has 0 unspecified atom stereocenters. The number of rotatable bonds is 4. The second-order valence-corrected chi connectivity index (χ2v) is 22.1. The lowest BCUT2D eigenvalue weighted by Crippen LogP contribution is -2.52. The molecule has 0 saturated heterocycles. The zero-order chi connectivity index (χ0) is 21.2. The molecule has 0 N–H and O–H groups in total. The highest BCUT2D eigenvalue weighted by Gasteiger charge is 2.59. The van der Waals surface area contributed by atoms with Crippen LogP contribution in [0.1, 0.15) is 65.2 Å². The van der Waals surface area contributed by atoms with Crippen LogP contribution in [0.25, 0.3) is 0 Å². The minimum absolute atomic E-state index is 0.418. The van der Waals surface area contributed by atoms with Crippen LogP contribution in [-0.4, -0.2) is 28.8 Å². The van der Waals surface area contributed by atoms with Crippen molar-refractivity contribution < 1.29 is 8.85 Å². The van der Waals surface area contributed by atoms with Crippen LogP contribution < -0.4 is 0 Å². The van der Waals surface area contributed by atoms with E-state index in [1.54, 1.807) is 5.57 Å². The number of allylic oxidation sites excluding steroid dienone is 1. The van der Waals surface area contributed by atoms with E-state index >= 15 is 0 Å². The molecule has 29 heavy (non-hydrogen) atoms. The third kappa shape index (κ3) is 4.13. The fraction of sp³-hybridized carbons (Fsp3) is 0.920. The predicted octanol–water partition coefficient (Wildman–Crippen LogP) is 7.39. The van der Waals surface area contributed by atoms with Gasteiger partial charge in [-0.15, -0.1) is 0 Å². The van der Waals surface area contributed by atoms with E-state index in [0.717, 1.165) is 17.8 Å². The van der Waals surface area contributed by atoms with E-state index in [4.69, 9.17) is 8.85 Å². The summed E-state index contributed by atoms with van der Waals surface area (Å²) in [6, 6.07) is 0. The monoisotopic (exact) mass is 434 g/mol. The minimum atomic E-state index is -1.48. The Morgan fingerprint density at radius 1 is 0.828 bits per heavy atom. The standard InChI is InChI=1S/C25H46O2Si2/c1-24-15-13-19(26-28(3,4)5)17-18(24)9-10-20-21-11-12-23(27-29(6,7)8)25(21,2)16-14-22(20)24/h9,19-23H,10-17H2,1-8H3/t19-,20-,21-,22-,23-,24-,25-/m0/s1. The fourth-order valence-corrected chi connectivity index (χ4v) is 10.2. The smallest absolute Gasteiger partial charge is 0.184 e. The first kappa shape index (κ1) is 22.3. The van der Waals surface area contributed by atoms with Gasteiger partial charge in [-0.1, -0.05) is 25.5 Å². The van der Waals surface area contributed by atoms with E-state index in [0.29, 0.717) is 23.0 Å². The Balaban J connectivity index is 1.53. The second kappa shape index (κ2) is 7.32. The van der Waals surface area contributed by atoms with Gasteiger partial charge in [-0.3, -0.25) is 0 Å². The highest BCUT2D eigenvalue weighted by molar-refractivity contribution is 6.70. The van der Waals surface area contributed by atoms with Crippen molar-refractivity contribution in [3.05, 3.63) is 11.6 Å². The summed E-state index contributed by atoms with van der Waals surface area (Å²) in [5.41, 5.74) is 2.60. The van der Waals surface area contributed by atoms with Crippen molar-refractivity contribution in [1.82, 2.24) is 0 Å². The van der Waals surface area contributed by atoms with Crippen LogP contribution in [-0.2, 0) is 8.85 Å². The number of hydrogen-bond acceptors (Lipinski definition) is 2. The molecule has 0 heterocycles. The van der Waals surface area contributed by atoms with Gasteiger partial charge in [-0.25, -0.2) is 0 Å². The lowest BCUT2D eigenvalue weighted by molar-refractivity contribution is -0.0660. The third-order valence-electron chi connectivity index (χ3n) is 8.99. The van der Waals surface area contributed by atoms with Gasteiger partial charge >= 0.3 is 0 Å². The summed E-state index contributed by atoms with van der Waals surface area (Å²) < 4.78 is 13.3. The summed E-state index contributed by atoms with van der Waals surface area (Å²) in [5.74, 6) is 2.64. The van der Waals surface area contributed by atoms with E-state index in [1.165, 1.54) is 51.4 Å². The lowest BCUT2D eigenvalue weighted by Gasteiger charge is -2.58. The maximum atomic E-state index is 6.75. The molecule has 0 radical (unpaired) electrons. The molecule has 0 aliphatic heterocycles. The molecule has 4 aliphatic carbocycles. The first-order valence-corrected chi connectivity index (χ1v) is 19.2. The summed E-state index contributed by atoms with van der Waals surface area (Å²) in [4.78, 5) is 0. The van der Waals surface area contributed by atoms with Gasteiger partial charge < -0.3 is 8.85 Å². The summed E-state index contributed by atoms with van der Waals surface area (Å²) in [7, 11) is -2.93. The molecule has 3 saturated carbocycles. The van der Waals surface area contributed by atoms with E-state index in [9.17, 15) is 0 Å². The molecule has 0 bridgehead atoms. The number of fused-ring (bicyclic) bond motifs is 5. The largest absolute Gasteiger partial charge is 0.414 e. The second-order valence-electron chi connectivity index (χ2n) is 13.2. The molecule has 4 aliphatic rings. The van der Waals surface area contributed by atoms with E-state index in [2.05, 4.69) is 59.2 Å². The van der Waals surface area contributed by atoms with Crippen LogP contribution in [0, 0.1) is 28.6 Å². The highest BCUT2D eigenvalue weighted by Crippen LogP contribution is 2.65. The zero-order valence-corrected chi connectivity index (χ0v) is 22.4. The van der Waals surface area contributed by atoms with Crippen molar-refractivity contribution >= 4 is 16.6 Å². The minimum Gasteiger partial charge on any atom is -0.414 e. The lowest BCUT2D eigenvalue weighted by atomic mass is 9.48. The molecule has 2 nitrogen and oxygen atoms in total. The van der Waals surface area contributed by atoms with Gasteiger partial charge in [0.15, 0.2) is 16.6 Å². The van der Waals surface area contributed by atoms with Gasteiger partial charge in [0.05, 0.1) is 6.10 Å². The van der Waals surface area contributed by atoms with E-state index in [1.807, 2.05) is 0 Å². The van der Waals surface area contributed by atoms with Crippen LogP contribution in [0.5, 0.6) is 0 Å². The first-order valence-electron chi connectivity index (χ1n) is 12.4. The zero-order valence-electron chi connectivity index (χ0n) is 20.4. The molecular weight excluding hydrogens is 388 g/mol. The highest BCUT2D eigenvalue weighted by atomic mass is 28.4. The van der Waals surface area contributed by atoms with Crippen molar-refractivity contribution in [3.63, 3.8) is 0 Å². The maximum Gasteiger partial charge on any atom is 0.184 e. The quantitative estimate of drug-likeness (QED) is 0.339. The molecule has 0 aromatic heterocycles. The van der Waals surface area contributed by atoms with Gasteiger partial charge in [0.25, 0.3) is 0 Å². The summed E-state index contributed by atoms with van der Waals surface area (Å²) in [6.45, 7) is 19.3. The van der Waals surface area contributed by atoms with Crippen LogP contribution in [0.4, 0.5) is 0 Å². The molecular formula is C25H46O2Si2. The van der Waals surface area contributed by atoms with E-state index in [-0.39, 0.29) is 0 Å². The molecule has 0 aromatic rings. The fourth-order valence-electron chi connectivity index (χ4n) is 7.80. The molecule has 3 fully saturated rings. The van der Waals surface area contributed by atoms with Gasteiger partial charge in [0.1, 0.15) is 0 Å². The Hall–Kier alpha value is 0.0938.